The summed E-state index contributed by atoms with van der Waals surface area (Å²) in [4.78, 5) is 25.9. The molecule has 28 heavy (non-hydrogen) atoms. The molecule has 0 unspecified atom stereocenters. The summed E-state index contributed by atoms with van der Waals surface area (Å²) in [6, 6.07) is 7.20. The first-order valence-corrected chi connectivity index (χ1v) is 8.55. The highest BCUT2D eigenvalue weighted by Crippen LogP contribution is 2.26. The first kappa shape index (κ1) is 19.7. The summed E-state index contributed by atoms with van der Waals surface area (Å²) in [7, 11) is 1.56. The first-order chi connectivity index (χ1) is 13.2. The Kier molecular flexibility index (Phi) is 5.57. The van der Waals surface area contributed by atoms with Gasteiger partial charge in [0, 0.05) is 25.7 Å². The van der Waals surface area contributed by atoms with Crippen molar-refractivity contribution < 1.29 is 27.5 Å². The maximum Gasteiger partial charge on any atom is 0.408 e. The van der Waals surface area contributed by atoms with Crippen molar-refractivity contribution in [1.29, 1.82) is 0 Å². The average Bonchev–Trinajstić information content (AvgIpc) is 3.25. The predicted molar refractivity (Wildman–Crippen MR) is 93.6 cm³/mol. The zero-order valence-corrected chi connectivity index (χ0v) is 15.1. The average molecular weight is 396 g/mol. The number of nitrogens with zero attached hydrogens (tertiary/aromatic N) is 3. The van der Waals surface area contributed by atoms with Gasteiger partial charge < -0.3 is 15.0 Å². The second-order valence-corrected chi connectivity index (χ2v) is 6.48. The zero-order chi connectivity index (χ0) is 20.3. The van der Waals surface area contributed by atoms with E-state index in [4.69, 9.17) is 4.74 Å². The van der Waals surface area contributed by atoms with E-state index >= 15 is 0 Å². The van der Waals surface area contributed by atoms with Crippen LogP contribution in [0.1, 0.15) is 12.0 Å². The lowest BCUT2D eigenvalue weighted by molar-refractivity contribution is -0.142. The van der Waals surface area contributed by atoms with Crippen LogP contribution in [0.3, 0.4) is 0 Å². The van der Waals surface area contributed by atoms with Gasteiger partial charge in [-0.1, -0.05) is 12.1 Å². The Morgan fingerprint density at radius 1 is 1.32 bits per heavy atom. The molecule has 0 spiro atoms. The lowest BCUT2D eigenvalue weighted by atomic mass is 10.1. The minimum atomic E-state index is -4.40. The molecule has 1 aromatic heterocycles. The Morgan fingerprint density at radius 3 is 2.68 bits per heavy atom. The molecule has 1 aliphatic heterocycles. The van der Waals surface area contributed by atoms with Crippen molar-refractivity contribution in [2.75, 3.05) is 18.6 Å². The molecule has 0 saturated carbocycles. The van der Waals surface area contributed by atoms with Gasteiger partial charge in [-0.05, 0) is 17.7 Å². The molecule has 0 aliphatic carbocycles. The molecule has 1 aromatic carbocycles. The molecule has 2 amide bonds. The third-order valence-electron chi connectivity index (χ3n) is 4.39. The monoisotopic (exact) mass is 396 g/mol. The van der Waals surface area contributed by atoms with E-state index in [1.165, 1.54) is 11.1 Å². The number of nitrogens with one attached hydrogen (secondary N) is 1. The van der Waals surface area contributed by atoms with Crippen LogP contribution in [0.15, 0.2) is 36.7 Å². The fourth-order valence-corrected chi connectivity index (χ4v) is 2.97. The number of halogens is 3. The summed E-state index contributed by atoms with van der Waals surface area (Å²) in [6.45, 7) is -0.831. The Labute approximate surface area is 159 Å². The number of alkyl halides is 3. The van der Waals surface area contributed by atoms with Crippen LogP contribution in [-0.4, -0.2) is 41.4 Å². The van der Waals surface area contributed by atoms with E-state index in [1.807, 2.05) is 12.1 Å². The normalized spacial score (nSPS) is 17.1. The van der Waals surface area contributed by atoms with Gasteiger partial charge in [-0.15, -0.1) is 0 Å². The third kappa shape index (κ3) is 4.81. The molecule has 1 fully saturated rings. The topological polar surface area (TPSA) is 76.5 Å². The minimum absolute atomic E-state index is 0.00109. The Morgan fingerprint density at radius 2 is 2.04 bits per heavy atom. The van der Waals surface area contributed by atoms with Crippen LogP contribution in [-0.2, 0) is 22.7 Å². The molecule has 0 radical (unpaired) electrons. The number of amides is 2. The number of methoxy groups -OCH3 is 1. The fraction of sp³-hybridized carbons (Fsp3) is 0.389. The molecule has 150 valence electrons. The summed E-state index contributed by atoms with van der Waals surface area (Å²) in [6.07, 6.45) is -2.05. The van der Waals surface area contributed by atoms with Crippen LogP contribution in [0.5, 0.6) is 5.75 Å². The van der Waals surface area contributed by atoms with E-state index in [-0.39, 0.29) is 30.5 Å². The number of ether oxygens (including phenoxy) is 1. The molecular weight excluding hydrogens is 377 g/mol. The van der Waals surface area contributed by atoms with Crippen molar-refractivity contribution in [3.8, 4) is 5.75 Å². The molecule has 3 rings (SSSR count). The second kappa shape index (κ2) is 7.91. The molecule has 2 heterocycles. The van der Waals surface area contributed by atoms with E-state index in [1.54, 1.807) is 19.2 Å². The van der Waals surface area contributed by atoms with Gasteiger partial charge in [-0.25, -0.2) is 0 Å². The lowest BCUT2D eigenvalue weighted by Crippen LogP contribution is -2.32. The van der Waals surface area contributed by atoms with Crippen LogP contribution >= 0.6 is 0 Å². The van der Waals surface area contributed by atoms with E-state index in [0.717, 1.165) is 16.4 Å². The highest BCUT2D eigenvalue weighted by Gasteiger charge is 2.36. The van der Waals surface area contributed by atoms with Crippen LogP contribution in [0.25, 0.3) is 0 Å². The fourth-order valence-electron chi connectivity index (χ4n) is 2.97. The molecule has 2 aromatic rings. The number of rotatable bonds is 6. The van der Waals surface area contributed by atoms with Crippen molar-refractivity contribution >= 4 is 17.5 Å². The predicted octanol–water partition coefficient (Wildman–Crippen LogP) is 2.12. The van der Waals surface area contributed by atoms with Crippen LogP contribution < -0.4 is 15.0 Å². The Bertz CT molecular complexity index is 849. The molecule has 1 saturated heterocycles. The molecule has 0 bridgehead atoms. The van der Waals surface area contributed by atoms with Crippen LogP contribution in [0, 0.1) is 5.92 Å². The SMILES string of the molecule is COc1ccc(CNC(=O)[C@H]2CC(=O)N(c3cnn(CC(F)(F)F)c3)C2)cc1. The Balaban J connectivity index is 1.56. The highest BCUT2D eigenvalue weighted by molar-refractivity contribution is 6.00. The zero-order valence-electron chi connectivity index (χ0n) is 15.1. The number of benzene rings is 1. The molecule has 1 aliphatic rings. The number of hydrogen-bond acceptors (Lipinski definition) is 4. The maximum atomic E-state index is 12.4. The standard InChI is InChI=1S/C18H19F3N4O3/c1-28-15-4-2-12(3-5-15)7-22-17(27)13-6-16(26)25(9-13)14-8-23-24(10-14)11-18(19,20)21/h2-5,8,10,13H,6-7,9,11H2,1H3,(H,22,27)/t13-/m0/s1. The number of anilines is 1. The first-order valence-electron chi connectivity index (χ1n) is 8.55. The lowest BCUT2D eigenvalue weighted by Gasteiger charge is -2.14. The largest absolute Gasteiger partial charge is 0.497 e. The van der Waals surface area contributed by atoms with Crippen molar-refractivity contribution in [3.63, 3.8) is 0 Å². The summed E-state index contributed by atoms with van der Waals surface area (Å²) in [5.41, 5.74) is 1.13. The van der Waals surface area contributed by atoms with Crippen molar-refractivity contribution in [1.82, 2.24) is 15.1 Å². The summed E-state index contributed by atoms with van der Waals surface area (Å²) in [5.74, 6) is -0.472. The quantitative estimate of drug-likeness (QED) is 0.812. The van der Waals surface area contributed by atoms with Gasteiger partial charge in [0.2, 0.25) is 11.8 Å². The van der Waals surface area contributed by atoms with Crippen LogP contribution in [0.4, 0.5) is 18.9 Å². The van der Waals surface area contributed by atoms with Gasteiger partial charge in [-0.3, -0.25) is 14.3 Å². The highest BCUT2D eigenvalue weighted by atomic mass is 19.4. The van der Waals surface area contributed by atoms with Gasteiger partial charge in [0.1, 0.15) is 12.3 Å². The van der Waals surface area contributed by atoms with Crippen molar-refractivity contribution in [2.45, 2.75) is 25.7 Å². The molecule has 1 N–H and O–H groups in total. The van der Waals surface area contributed by atoms with Gasteiger partial charge in [0.15, 0.2) is 0 Å². The van der Waals surface area contributed by atoms with Gasteiger partial charge in [-0.2, -0.15) is 18.3 Å². The van der Waals surface area contributed by atoms with E-state index in [0.29, 0.717) is 12.3 Å². The minimum Gasteiger partial charge on any atom is -0.497 e. The summed E-state index contributed by atoms with van der Waals surface area (Å²) < 4.78 is 43.1. The van der Waals surface area contributed by atoms with Gasteiger partial charge in [0.05, 0.1) is 24.9 Å². The van der Waals surface area contributed by atoms with Crippen molar-refractivity contribution in [3.05, 3.63) is 42.2 Å². The molecule has 1 atom stereocenters. The van der Waals surface area contributed by atoms with E-state index < -0.39 is 18.6 Å². The maximum absolute atomic E-state index is 12.4. The number of hydrogen-bond donors (Lipinski definition) is 1. The number of aromatic nitrogens is 2. The number of carbonyl (C=O) groups excluding carboxylic acids is 2. The third-order valence-corrected chi connectivity index (χ3v) is 4.39. The van der Waals surface area contributed by atoms with Crippen LogP contribution in [0.2, 0.25) is 0 Å². The van der Waals surface area contributed by atoms with E-state index in [2.05, 4.69) is 10.4 Å². The summed E-state index contributed by atoms with van der Waals surface area (Å²) >= 11 is 0. The molecule has 7 nitrogen and oxygen atoms in total. The van der Waals surface area contributed by atoms with E-state index in [9.17, 15) is 22.8 Å². The van der Waals surface area contributed by atoms with Gasteiger partial charge in [0.25, 0.3) is 0 Å². The molecular formula is C18H19F3N4O3. The molecule has 10 heteroatoms. The van der Waals surface area contributed by atoms with Crippen molar-refractivity contribution in [2.24, 2.45) is 5.92 Å². The Hall–Kier alpha value is -3.04. The number of carbonyl (C=O) groups is 2. The summed E-state index contributed by atoms with van der Waals surface area (Å²) in [5, 5.41) is 6.41. The van der Waals surface area contributed by atoms with Gasteiger partial charge >= 0.3 is 6.18 Å². The smallest absolute Gasteiger partial charge is 0.408 e. The second-order valence-electron chi connectivity index (χ2n) is 6.48.